The third-order valence-electron chi connectivity index (χ3n) is 4.68. The van der Waals surface area contributed by atoms with Crippen molar-refractivity contribution in [2.45, 2.75) is 25.7 Å². The SMILES string of the molecule is CN=C(NCCCOCC1CCOC1)NCCCc1nc2ccccc2[nH]1. The van der Waals surface area contributed by atoms with Crippen LogP contribution in [0.4, 0.5) is 0 Å². The van der Waals surface area contributed by atoms with Gasteiger partial charge in [-0.15, -0.1) is 0 Å². The maximum atomic E-state index is 5.71. The van der Waals surface area contributed by atoms with Crippen LogP contribution in [0.3, 0.4) is 0 Å². The Morgan fingerprint density at radius 3 is 2.93 bits per heavy atom. The molecule has 0 bridgehead atoms. The number of aliphatic imine (C=N–C) groups is 1. The lowest BCUT2D eigenvalue weighted by molar-refractivity contribution is 0.0888. The van der Waals surface area contributed by atoms with Crippen LogP contribution >= 0.6 is 0 Å². The zero-order chi connectivity index (χ0) is 18.7. The quantitative estimate of drug-likeness (QED) is 0.337. The minimum Gasteiger partial charge on any atom is -0.381 e. The second kappa shape index (κ2) is 10.9. The van der Waals surface area contributed by atoms with Crippen LogP contribution in [0.15, 0.2) is 29.3 Å². The van der Waals surface area contributed by atoms with E-state index in [0.717, 1.165) is 88.0 Å². The first kappa shape index (κ1) is 19.6. The van der Waals surface area contributed by atoms with Gasteiger partial charge in [-0.25, -0.2) is 4.98 Å². The summed E-state index contributed by atoms with van der Waals surface area (Å²) in [5.41, 5.74) is 2.13. The number of hydrogen-bond acceptors (Lipinski definition) is 4. The highest BCUT2D eigenvalue weighted by atomic mass is 16.5. The molecule has 7 heteroatoms. The summed E-state index contributed by atoms with van der Waals surface area (Å²) in [7, 11) is 1.80. The van der Waals surface area contributed by atoms with Gasteiger partial charge in [-0.05, 0) is 31.4 Å². The maximum absolute atomic E-state index is 5.71. The molecule has 1 aliphatic rings. The first-order valence-electron chi connectivity index (χ1n) is 9.89. The van der Waals surface area contributed by atoms with Gasteiger partial charge < -0.3 is 25.1 Å². The van der Waals surface area contributed by atoms with E-state index in [9.17, 15) is 0 Å². The second-order valence-corrected chi connectivity index (χ2v) is 6.89. The first-order chi connectivity index (χ1) is 13.3. The lowest BCUT2D eigenvalue weighted by atomic mass is 10.1. The third-order valence-corrected chi connectivity index (χ3v) is 4.68. The zero-order valence-corrected chi connectivity index (χ0v) is 16.2. The normalized spacial score (nSPS) is 17.5. The minimum absolute atomic E-state index is 0.583. The highest BCUT2D eigenvalue weighted by Gasteiger charge is 2.15. The van der Waals surface area contributed by atoms with Crippen LogP contribution in [0.1, 0.15) is 25.1 Å². The van der Waals surface area contributed by atoms with E-state index in [0.29, 0.717) is 5.92 Å². The van der Waals surface area contributed by atoms with Crippen LogP contribution < -0.4 is 10.6 Å². The molecule has 1 fully saturated rings. The van der Waals surface area contributed by atoms with Crippen LogP contribution in [0.2, 0.25) is 0 Å². The molecular formula is C20H31N5O2. The first-order valence-corrected chi connectivity index (χ1v) is 9.89. The Labute approximate surface area is 161 Å². The Hall–Kier alpha value is -2.12. The van der Waals surface area contributed by atoms with Crippen molar-refractivity contribution >= 4 is 17.0 Å². The van der Waals surface area contributed by atoms with Gasteiger partial charge in [0.25, 0.3) is 0 Å². The van der Waals surface area contributed by atoms with Crippen molar-refractivity contribution in [2.24, 2.45) is 10.9 Å². The largest absolute Gasteiger partial charge is 0.381 e. The van der Waals surface area contributed by atoms with Gasteiger partial charge in [-0.1, -0.05) is 12.1 Å². The molecule has 1 atom stereocenters. The summed E-state index contributed by atoms with van der Waals surface area (Å²) < 4.78 is 11.1. The molecule has 0 radical (unpaired) electrons. The lowest BCUT2D eigenvalue weighted by Gasteiger charge is -2.12. The van der Waals surface area contributed by atoms with E-state index in [4.69, 9.17) is 9.47 Å². The van der Waals surface area contributed by atoms with E-state index < -0.39 is 0 Å². The molecule has 148 valence electrons. The Bertz CT molecular complexity index is 676. The van der Waals surface area contributed by atoms with Crippen LogP contribution in [0.25, 0.3) is 11.0 Å². The number of nitrogens with one attached hydrogen (secondary N) is 3. The molecule has 0 amide bonds. The highest BCUT2D eigenvalue weighted by Crippen LogP contribution is 2.12. The predicted molar refractivity (Wildman–Crippen MR) is 108 cm³/mol. The molecule has 1 unspecified atom stereocenters. The minimum atomic E-state index is 0.583. The van der Waals surface area contributed by atoms with Gasteiger partial charge in [0.05, 0.1) is 24.2 Å². The summed E-state index contributed by atoms with van der Waals surface area (Å²) in [5.74, 6) is 2.45. The summed E-state index contributed by atoms with van der Waals surface area (Å²) in [4.78, 5) is 12.2. The fraction of sp³-hybridized carbons (Fsp3) is 0.600. The van der Waals surface area contributed by atoms with E-state index in [1.54, 1.807) is 7.05 Å². The van der Waals surface area contributed by atoms with Gasteiger partial charge in [0.1, 0.15) is 5.82 Å². The predicted octanol–water partition coefficient (Wildman–Crippen LogP) is 2.10. The van der Waals surface area contributed by atoms with Crippen molar-refractivity contribution in [1.82, 2.24) is 20.6 Å². The van der Waals surface area contributed by atoms with Crippen LogP contribution in [0, 0.1) is 5.92 Å². The Kier molecular flexibility index (Phi) is 7.92. The number of aromatic amines is 1. The number of ether oxygens (including phenoxy) is 2. The molecule has 7 nitrogen and oxygen atoms in total. The van der Waals surface area contributed by atoms with E-state index in [1.807, 2.05) is 18.2 Å². The number of para-hydroxylation sites is 2. The zero-order valence-electron chi connectivity index (χ0n) is 16.2. The van der Waals surface area contributed by atoms with Crippen molar-refractivity contribution in [3.8, 4) is 0 Å². The van der Waals surface area contributed by atoms with E-state index in [1.165, 1.54) is 0 Å². The van der Waals surface area contributed by atoms with E-state index in [-0.39, 0.29) is 0 Å². The molecule has 0 spiro atoms. The molecule has 1 aromatic heterocycles. The van der Waals surface area contributed by atoms with Gasteiger partial charge >= 0.3 is 0 Å². The maximum Gasteiger partial charge on any atom is 0.190 e. The number of rotatable bonds is 10. The fourth-order valence-corrected chi connectivity index (χ4v) is 3.15. The van der Waals surface area contributed by atoms with Crippen molar-refractivity contribution in [1.29, 1.82) is 0 Å². The molecule has 27 heavy (non-hydrogen) atoms. The number of hydrogen-bond donors (Lipinski definition) is 3. The van der Waals surface area contributed by atoms with Crippen molar-refractivity contribution in [3.63, 3.8) is 0 Å². The van der Waals surface area contributed by atoms with Gasteiger partial charge in [0.2, 0.25) is 0 Å². The Morgan fingerprint density at radius 1 is 1.30 bits per heavy atom. The molecule has 1 saturated heterocycles. The van der Waals surface area contributed by atoms with Crippen molar-refractivity contribution in [3.05, 3.63) is 30.1 Å². The summed E-state index contributed by atoms with van der Waals surface area (Å²) >= 11 is 0. The summed E-state index contributed by atoms with van der Waals surface area (Å²) in [6.45, 7) is 5.03. The van der Waals surface area contributed by atoms with E-state index >= 15 is 0 Å². The number of aryl methyl sites for hydroxylation is 1. The van der Waals surface area contributed by atoms with Gasteiger partial charge in [0, 0.05) is 45.7 Å². The second-order valence-electron chi connectivity index (χ2n) is 6.89. The standard InChI is InChI=1S/C20H31N5O2/c1-21-20(23-11-5-12-26-14-16-9-13-27-15-16)22-10-4-8-19-24-17-6-2-3-7-18(17)25-19/h2-3,6-7,16H,4-5,8-15H2,1H3,(H,24,25)(H2,21,22,23). The highest BCUT2D eigenvalue weighted by molar-refractivity contribution is 5.79. The number of fused-ring (bicyclic) bond motifs is 1. The average Bonchev–Trinajstić information content (AvgIpc) is 3.35. The van der Waals surface area contributed by atoms with Crippen LogP contribution in [0.5, 0.6) is 0 Å². The number of aromatic nitrogens is 2. The summed E-state index contributed by atoms with van der Waals surface area (Å²) in [6.07, 6.45) is 4.00. The molecule has 0 saturated carbocycles. The summed E-state index contributed by atoms with van der Waals surface area (Å²) in [5, 5.41) is 6.68. The molecule has 1 aromatic carbocycles. The monoisotopic (exact) mass is 373 g/mol. The third kappa shape index (κ3) is 6.52. The van der Waals surface area contributed by atoms with Crippen molar-refractivity contribution < 1.29 is 9.47 Å². The molecule has 3 rings (SSSR count). The van der Waals surface area contributed by atoms with Gasteiger partial charge in [-0.3, -0.25) is 4.99 Å². The fourth-order valence-electron chi connectivity index (χ4n) is 3.15. The Balaban J connectivity index is 1.23. The van der Waals surface area contributed by atoms with Gasteiger partial charge in [0.15, 0.2) is 5.96 Å². The Morgan fingerprint density at radius 2 is 2.15 bits per heavy atom. The number of H-pyrrole nitrogens is 1. The molecule has 0 aliphatic carbocycles. The lowest BCUT2D eigenvalue weighted by Crippen LogP contribution is -2.38. The van der Waals surface area contributed by atoms with Crippen LogP contribution in [-0.4, -0.2) is 62.5 Å². The topological polar surface area (TPSA) is 83.6 Å². The average molecular weight is 374 g/mol. The molecular weight excluding hydrogens is 342 g/mol. The number of imidazole rings is 1. The number of benzene rings is 1. The van der Waals surface area contributed by atoms with E-state index in [2.05, 4.69) is 31.7 Å². The van der Waals surface area contributed by atoms with Gasteiger partial charge in [-0.2, -0.15) is 0 Å². The molecule has 3 N–H and O–H groups in total. The smallest absolute Gasteiger partial charge is 0.190 e. The van der Waals surface area contributed by atoms with Crippen LogP contribution in [-0.2, 0) is 15.9 Å². The number of nitrogens with zero attached hydrogens (tertiary/aromatic N) is 2. The molecule has 2 heterocycles. The van der Waals surface area contributed by atoms with Crippen molar-refractivity contribution in [2.75, 3.05) is 46.6 Å². The molecule has 1 aliphatic heterocycles. The molecule has 2 aromatic rings. The summed E-state index contributed by atoms with van der Waals surface area (Å²) in [6, 6.07) is 8.12. The number of guanidine groups is 1.